The van der Waals surface area contributed by atoms with E-state index in [1.807, 2.05) is 12.2 Å². The van der Waals surface area contributed by atoms with E-state index in [4.69, 9.17) is 0 Å². The molecule has 0 heterocycles. The fourth-order valence-corrected chi connectivity index (χ4v) is 2.99. The van der Waals surface area contributed by atoms with Crippen molar-refractivity contribution >= 4 is 0 Å². The average Bonchev–Trinajstić information content (AvgIpc) is 2.36. The molecule has 2 N–H and O–H groups in total. The standard InChI is InChI=1S/C20H34O2/c1-15(2)18-10-9-16(3)7-6-8-17(4)13-19(21)14-20(5,22)12-11-18/h7,11-13,15,18-19,21-22H,6,8-10,14H2,1-5H3/b12-11+,16-7+,17-13-/t18?,19-,20+/m0/s1. The Morgan fingerprint density at radius 3 is 2.50 bits per heavy atom. The van der Waals surface area contributed by atoms with Crippen molar-refractivity contribution in [2.75, 3.05) is 0 Å². The molecule has 0 spiro atoms. The number of rotatable bonds is 1. The topological polar surface area (TPSA) is 40.5 Å². The summed E-state index contributed by atoms with van der Waals surface area (Å²) in [7, 11) is 0. The number of aliphatic hydroxyl groups is 2. The van der Waals surface area contributed by atoms with E-state index in [0.29, 0.717) is 18.3 Å². The van der Waals surface area contributed by atoms with E-state index in [1.165, 1.54) is 11.1 Å². The summed E-state index contributed by atoms with van der Waals surface area (Å²) in [6.07, 6.45) is 12.2. The summed E-state index contributed by atoms with van der Waals surface area (Å²) in [5, 5.41) is 20.7. The molecule has 0 fully saturated rings. The van der Waals surface area contributed by atoms with Crippen molar-refractivity contribution in [3.63, 3.8) is 0 Å². The molecule has 0 bridgehead atoms. The lowest BCUT2D eigenvalue weighted by Crippen LogP contribution is -2.27. The molecule has 1 aliphatic carbocycles. The highest BCUT2D eigenvalue weighted by Crippen LogP contribution is 2.25. The Kier molecular flexibility index (Phi) is 7.58. The van der Waals surface area contributed by atoms with Crippen LogP contribution in [0.4, 0.5) is 0 Å². The predicted molar refractivity (Wildman–Crippen MR) is 94.7 cm³/mol. The molecular weight excluding hydrogens is 272 g/mol. The van der Waals surface area contributed by atoms with Gasteiger partial charge in [-0.05, 0) is 58.3 Å². The molecule has 0 aromatic rings. The van der Waals surface area contributed by atoms with Crippen molar-refractivity contribution in [3.05, 3.63) is 35.5 Å². The quantitative estimate of drug-likeness (QED) is 0.684. The van der Waals surface area contributed by atoms with Gasteiger partial charge in [-0.25, -0.2) is 0 Å². The van der Waals surface area contributed by atoms with Gasteiger partial charge in [0.15, 0.2) is 0 Å². The molecular formula is C20H34O2. The highest BCUT2D eigenvalue weighted by molar-refractivity contribution is 5.10. The van der Waals surface area contributed by atoms with Crippen molar-refractivity contribution in [2.45, 2.75) is 78.4 Å². The lowest BCUT2D eigenvalue weighted by atomic mass is 9.86. The minimum absolute atomic E-state index is 0.348. The molecule has 1 unspecified atom stereocenters. The van der Waals surface area contributed by atoms with Crippen LogP contribution in [-0.2, 0) is 0 Å². The molecule has 2 nitrogen and oxygen atoms in total. The van der Waals surface area contributed by atoms with Crippen LogP contribution >= 0.6 is 0 Å². The van der Waals surface area contributed by atoms with Crippen LogP contribution in [0.3, 0.4) is 0 Å². The minimum Gasteiger partial charge on any atom is -0.389 e. The fourth-order valence-electron chi connectivity index (χ4n) is 2.99. The van der Waals surface area contributed by atoms with Crippen LogP contribution in [0.15, 0.2) is 35.5 Å². The number of hydrogen-bond donors (Lipinski definition) is 2. The summed E-state index contributed by atoms with van der Waals surface area (Å²) in [6, 6.07) is 0. The Balaban J connectivity index is 2.97. The average molecular weight is 306 g/mol. The van der Waals surface area contributed by atoms with Gasteiger partial charge >= 0.3 is 0 Å². The molecule has 0 radical (unpaired) electrons. The van der Waals surface area contributed by atoms with Gasteiger partial charge in [-0.15, -0.1) is 0 Å². The van der Waals surface area contributed by atoms with Crippen LogP contribution in [0.25, 0.3) is 0 Å². The monoisotopic (exact) mass is 306 g/mol. The summed E-state index contributed by atoms with van der Waals surface area (Å²) in [5.41, 5.74) is 1.67. The van der Waals surface area contributed by atoms with Gasteiger partial charge in [0.2, 0.25) is 0 Å². The Hall–Kier alpha value is -0.860. The van der Waals surface area contributed by atoms with Crippen molar-refractivity contribution in [1.82, 2.24) is 0 Å². The largest absolute Gasteiger partial charge is 0.389 e. The van der Waals surface area contributed by atoms with Crippen molar-refractivity contribution in [2.24, 2.45) is 11.8 Å². The molecule has 3 atom stereocenters. The molecule has 0 aromatic carbocycles. The predicted octanol–water partition coefficient (Wildman–Crippen LogP) is 4.78. The van der Waals surface area contributed by atoms with Crippen molar-refractivity contribution in [1.29, 1.82) is 0 Å². The van der Waals surface area contributed by atoms with Gasteiger partial charge in [0.25, 0.3) is 0 Å². The van der Waals surface area contributed by atoms with E-state index in [9.17, 15) is 10.2 Å². The first-order valence-corrected chi connectivity index (χ1v) is 8.62. The second kappa shape index (κ2) is 8.69. The molecule has 0 saturated carbocycles. The normalized spacial score (nSPS) is 38.5. The van der Waals surface area contributed by atoms with E-state index in [-0.39, 0.29) is 0 Å². The first kappa shape index (κ1) is 19.2. The van der Waals surface area contributed by atoms with Crippen LogP contribution in [0, 0.1) is 11.8 Å². The van der Waals surface area contributed by atoms with Crippen LogP contribution in [0.2, 0.25) is 0 Å². The lowest BCUT2D eigenvalue weighted by Gasteiger charge is -2.24. The van der Waals surface area contributed by atoms with E-state index >= 15 is 0 Å². The summed E-state index contributed by atoms with van der Waals surface area (Å²) in [4.78, 5) is 0. The van der Waals surface area contributed by atoms with Gasteiger partial charge in [0, 0.05) is 6.42 Å². The van der Waals surface area contributed by atoms with Crippen LogP contribution in [0.5, 0.6) is 0 Å². The highest BCUT2D eigenvalue weighted by Gasteiger charge is 2.21. The van der Waals surface area contributed by atoms with E-state index in [2.05, 4.69) is 39.8 Å². The number of hydrogen-bond acceptors (Lipinski definition) is 2. The molecule has 0 aliphatic heterocycles. The molecule has 126 valence electrons. The van der Waals surface area contributed by atoms with E-state index in [0.717, 1.165) is 25.7 Å². The van der Waals surface area contributed by atoms with Crippen LogP contribution in [0.1, 0.15) is 66.7 Å². The van der Waals surface area contributed by atoms with Gasteiger partial charge < -0.3 is 10.2 Å². The first-order valence-electron chi connectivity index (χ1n) is 8.62. The van der Waals surface area contributed by atoms with Gasteiger partial charge in [-0.2, -0.15) is 0 Å². The molecule has 22 heavy (non-hydrogen) atoms. The zero-order chi connectivity index (χ0) is 16.8. The Labute approximate surface area is 136 Å². The fraction of sp³-hybridized carbons (Fsp3) is 0.700. The van der Waals surface area contributed by atoms with E-state index in [1.54, 1.807) is 6.92 Å². The maximum atomic E-state index is 10.5. The smallest absolute Gasteiger partial charge is 0.0827 e. The highest BCUT2D eigenvalue weighted by atomic mass is 16.3. The molecule has 1 rings (SSSR count). The van der Waals surface area contributed by atoms with Crippen LogP contribution < -0.4 is 0 Å². The third kappa shape index (κ3) is 7.42. The first-order chi connectivity index (χ1) is 10.2. The SMILES string of the molecule is C/C1=C/[C@H](O)C[C@](C)(O)/C=C/C(C(C)C)CC/C(C)=C/CC1. The number of aliphatic hydroxyl groups excluding tert-OH is 1. The minimum atomic E-state index is -0.960. The molecule has 2 heteroatoms. The summed E-state index contributed by atoms with van der Waals surface area (Å²) < 4.78 is 0. The third-order valence-electron chi connectivity index (χ3n) is 4.56. The molecule has 0 saturated heterocycles. The molecule has 0 amide bonds. The van der Waals surface area contributed by atoms with Gasteiger partial charge in [0.1, 0.15) is 0 Å². The zero-order valence-electron chi connectivity index (χ0n) is 15.0. The molecule has 0 aromatic heterocycles. The van der Waals surface area contributed by atoms with Gasteiger partial charge in [-0.1, -0.05) is 49.3 Å². The van der Waals surface area contributed by atoms with E-state index < -0.39 is 11.7 Å². The van der Waals surface area contributed by atoms with Crippen molar-refractivity contribution < 1.29 is 10.2 Å². The second-order valence-corrected chi connectivity index (χ2v) is 7.54. The Bertz CT molecular complexity index is 427. The van der Waals surface area contributed by atoms with Gasteiger partial charge in [0.05, 0.1) is 11.7 Å². The van der Waals surface area contributed by atoms with Crippen LogP contribution in [-0.4, -0.2) is 21.9 Å². The third-order valence-corrected chi connectivity index (χ3v) is 4.56. The Morgan fingerprint density at radius 2 is 1.86 bits per heavy atom. The summed E-state index contributed by atoms with van der Waals surface area (Å²) in [6.45, 7) is 10.5. The zero-order valence-corrected chi connectivity index (χ0v) is 15.0. The molecule has 1 aliphatic rings. The summed E-state index contributed by atoms with van der Waals surface area (Å²) >= 11 is 0. The van der Waals surface area contributed by atoms with Crippen molar-refractivity contribution in [3.8, 4) is 0 Å². The summed E-state index contributed by atoms with van der Waals surface area (Å²) in [5.74, 6) is 1.02. The Morgan fingerprint density at radius 1 is 1.18 bits per heavy atom. The lowest BCUT2D eigenvalue weighted by molar-refractivity contribution is 0.0565. The maximum Gasteiger partial charge on any atom is 0.0827 e. The van der Waals surface area contributed by atoms with Gasteiger partial charge in [-0.3, -0.25) is 0 Å². The number of allylic oxidation sites excluding steroid dienone is 4. The maximum absolute atomic E-state index is 10.5. The second-order valence-electron chi connectivity index (χ2n) is 7.54.